The summed E-state index contributed by atoms with van der Waals surface area (Å²) in [7, 11) is 1.36. The molecule has 1 atom stereocenters. The molecule has 1 aromatic rings. The van der Waals surface area contributed by atoms with Crippen molar-refractivity contribution in [3.05, 3.63) is 23.7 Å². The topological polar surface area (TPSA) is 66.2 Å². The van der Waals surface area contributed by atoms with Gasteiger partial charge in [-0.25, -0.2) is 4.79 Å². The Bertz CT molecular complexity index is 594. The Morgan fingerprint density at radius 3 is 2.64 bits per heavy atom. The lowest BCUT2D eigenvalue weighted by Crippen LogP contribution is -2.31. The first-order chi connectivity index (χ1) is 13.3. The van der Waals surface area contributed by atoms with Gasteiger partial charge in [0, 0.05) is 13.1 Å². The van der Waals surface area contributed by atoms with Crippen molar-refractivity contribution in [3.63, 3.8) is 0 Å². The van der Waals surface area contributed by atoms with Crippen molar-refractivity contribution in [1.29, 1.82) is 0 Å². The van der Waals surface area contributed by atoms with Crippen molar-refractivity contribution in [2.45, 2.75) is 65.0 Å². The second-order valence-electron chi connectivity index (χ2n) is 8.83. The van der Waals surface area contributed by atoms with E-state index >= 15 is 0 Å². The van der Waals surface area contributed by atoms with E-state index in [2.05, 4.69) is 16.7 Å². The maximum absolute atomic E-state index is 11.5. The van der Waals surface area contributed by atoms with Crippen molar-refractivity contribution < 1.29 is 19.1 Å². The predicted octanol–water partition coefficient (Wildman–Crippen LogP) is 3.54. The van der Waals surface area contributed by atoms with Gasteiger partial charge in [-0.05, 0) is 70.8 Å². The summed E-state index contributed by atoms with van der Waals surface area (Å²) in [5, 5.41) is 9.82. The van der Waals surface area contributed by atoms with E-state index in [-0.39, 0.29) is 5.76 Å². The van der Waals surface area contributed by atoms with Crippen LogP contribution >= 0.6 is 0 Å². The number of aliphatic hydroxyl groups is 1. The van der Waals surface area contributed by atoms with Gasteiger partial charge in [-0.15, -0.1) is 0 Å². The molecule has 1 aromatic heterocycles. The minimum atomic E-state index is -0.542. The number of esters is 1. The van der Waals surface area contributed by atoms with Crippen LogP contribution in [-0.2, 0) is 11.3 Å². The molecule has 1 saturated heterocycles. The average Bonchev–Trinajstić information content (AvgIpc) is 2.98. The fourth-order valence-corrected chi connectivity index (χ4v) is 3.73. The molecule has 2 rings (SSSR count). The van der Waals surface area contributed by atoms with Gasteiger partial charge >= 0.3 is 5.97 Å². The quantitative estimate of drug-likeness (QED) is 0.612. The van der Waals surface area contributed by atoms with Gasteiger partial charge in [0.1, 0.15) is 5.76 Å². The highest BCUT2D eigenvalue weighted by atomic mass is 16.5. The zero-order valence-electron chi connectivity index (χ0n) is 18.1. The molecular weight excluding hydrogens is 356 g/mol. The molecular formula is C22H38N2O4. The molecule has 0 aliphatic carbocycles. The third-order valence-corrected chi connectivity index (χ3v) is 5.53. The summed E-state index contributed by atoms with van der Waals surface area (Å²) in [6, 6.07) is 3.55. The summed E-state index contributed by atoms with van der Waals surface area (Å²) >= 11 is 0. The molecule has 1 fully saturated rings. The van der Waals surface area contributed by atoms with Crippen LogP contribution in [0.5, 0.6) is 0 Å². The number of methoxy groups -OCH3 is 1. The van der Waals surface area contributed by atoms with E-state index in [0.717, 1.165) is 64.3 Å². The SMILES string of the molecule is COC(=O)c1ccc(CN2CCCN(CCC(C)CCCC(C)(C)O)CC2)o1. The second-order valence-corrected chi connectivity index (χ2v) is 8.83. The first-order valence-corrected chi connectivity index (χ1v) is 10.6. The average molecular weight is 395 g/mol. The Kier molecular flexibility index (Phi) is 8.99. The minimum absolute atomic E-state index is 0.271. The number of carbonyl (C=O) groups excluding carboxylic acids is 1. The Labute approximate surface area is 169 Å². The van der Waals surface area contributed by atoms with Crippen LogP contribution in [0.2, 0.25) is 0 Å². The van der Waals surface area contributed by atoms with Crippen LogP contribution in [0.15, 0.2) is 16.5 Å². The number of rotatable bonds is 10. The number of hydrogen-bond donors (Lipinski definition) is 1. The van der Waals surface area contributed by atoms with Crippen molar-refractivity contribution >= 4 is 5.97 Å². The molecule has 0 bridgehead atoms. The molecule has 1 aliphatic heterocycles. The molecule has 0 saturated carbocycles. The highest BCUT2D eigenvalue weighted by molar-refractivity contribution is 5.86. The Balaban J connectivity index is 1.68. The van der Waals surface area contributed by atoms with E-state index in [1.807, 2.05) is 19.9 Å². The summed E-state index contributed by atoms with van der Waals surface area (Å²) in [6.45, 7) is 12.2. The fraction of sp³-hybridized carbons (Fsp3) is 0.773. The van der Waals surface area contributed by atoms with Gasteiger partial charge in [0.15, 0.2) is 0 Å². The second kappa shape index (κ2) is 11.0. The molecule has 28 heavy (non-hydrogen) atoms. The third-order valence-electron chi connectivity index (χ3n) is 5.53. The number of nitrogens with zero attached hydrogens (tertiary/aromatic N) is 2. The highest BCUT2D eigenvalue weighted by Crippen LogP contribution is 2.19. The summed E-state index contributed by atoms with van der Waals surface area (Å²) in [4.78, 5) is 16.5. The number of hydrogen-bond acceptors (Lipinski definition) is 6. The third kappa shape index (κ3) is 8.33. The first kappa shape index (κ1) is 22.9. The van der Waals surface area contributed by atoms with Gasteiger partial charge in [0.05, 0.1) is 19.3 Å². The zero-order valence-corrected chi connectivity index (χ0v) is 18.1. The lowest BCUT2D eigenvalue weighted by molar-refractivity contribution is 0.0560. The van der Waals surface area contributed by atoms with Crippen LogP contribution in [0, 0.1) is 5.92 Å². The van der Waals surface area contributed by atoms with Crippen LogP contribution < -0.4 is 0 Å². The number of furan rings is 1. The lowest BCUT2D eigenvalue weighted by atomic mass is 9.95. The molecule has 0 amide bonds. The number of ether oxygens (including phenoxy) is 1. The summed E-state index contributed by atoms with van der Waals surface area (Å²) in [5.74, 6) is 1.35. The summed E-state index contributed by atoms with van der Waals surface area (Å²) < 4.78 is 10.3. The normalized spacial score (nSPS) is 18.0. The summed E-state index contributed by atoms with van der Waals surface area (Å²) in [6.07, 6.45) is 5.52. The molecule has 6 nitrogen and oxygen atoms in total. The molecule has 6 heteroatoms. The summed E-state index contributed by atoms with van der Waals surface area (Å²) in [5.41, 5.74) is -0.542. The van der Waals surface area contributed by atoms with Crippen LogP contribution in [0.25, 0.3) is 0 Å². The van der Waals surface area contributed by atoms with Crippen molar-refractivity contribution in [2.24, 2.45) is 5.92 Å². The standard InChI is InChI=1S/C22H38N2O4/c1-18(7-5-11-22(2,3)26)10-14-23-12-6-13-24(16-15-23)17-19-8-9-20(28-19)21(25)27-4/h8-9,18,26H,5-7,10-17H2,1-4H3. The van der Waals surface area contributed by atoms with E-state index in [9.17, 15) is 9.90 Å². The fourth-order valence-electron chi connectivity index (χ4n) is 3.73. The van der Waals surface area contributed by atoms with Gasteiger partial charge < -0.3 is 19.2 Å². The molecule has 1 aliphatic rings. The van der Waals surface area contributed by atoms with Gasteiger partial charge in [-0.2, -0.15) is 0 Å². The molecule has 0 aromatic carbocycles. The molecule has 160 valence electrons. The van der Waals surface area contributed by atoms with Crippen LogP contribution in [0.1, 0.15) is 69.2 Å². The maximum atomic E-state index is 11.5. The molecule has 1 unspecified atom stereocenters. The molecule has 0 radical (unpaired) electrons. The lowest BCUT2D eigenvalue weighted by Gasteiger charge is -2.23. The first-order valence-electron chi connectivity index (χ1n) is 10.6. The van der Waals surface area contributed by atoms with Gasteiger partial charge in [0.2, 0.25) is 5.76 Å². The van der Waals surface area contributed by atoms with E-state index in [0.29, 0.717) is 5.92 Å². The van der Waals surface area contributed by atoms with Crippen molar-refractivity contribution in [1.82, 2.24) is 9.80 Å². The van der Waals surface area contributed by atoms with Crippen molar-refractivity contribution in [3.8, 4) is 0 Å². The van der Waals surface area contributed by atoms with Crippen LogP contribution in [-0.4, -0.2) is 66.3 Å². The molecule has 2 heterocycles. The van der Waals surface area contributed by atoms with E-state index < -0.39 is 11.6 Å². The molecule has 1 N–H and O–H groups in total. The van der Waals surface area contributed by atoms with E-state index in [4.69, 9.17) is 9.15 Å². The van der Waals surface area contributed by atoms with E-state index in [1.54, 1.807) is 6.07 Å². The maximum Gasteiger partial charge on any atom is 0.373 e. The van der Waals surface area contributed by atoms with E-state index in [1.165, 1.54) is 20.0 Å². The Hall–Kier alpha value is -1.37. The van der Waals surface area contributed by atoms with Gasteiger partial charge in [-0.1, -0.05) is 19.8 Å². The minimum Gasteiger partial charge on any atom is -0.463 e. The smallest absolute Gasteiger partial charge is 0.373 e. The zero-order chi connectivity index (χ0) is 20.6. The Morgan fingerprint density at radius 2 is 1.93 bits per heavy atom. The monoisotopic (exact) mass is 394 g/mol. The largest absolute Gasteiger partial charge is 0.463 e. The van der Waals surface area contributed by atoms with Crippen LogP contribution in [0.3, 0.4) is 0 Å². The van der Waals surface area contributed by atoms with Gasteiger partial charge in [-0.3, -0.25) is 4.90 Å². The Morgan fingerprint density at radius 1 is 1.21 bits per heavy atom. The van der Waals surface area contributed by atoms with Crippen LogP contribution in [0.4, 0.5) is 0 Å². The number of carbonyl (C=O) groups is 1. The molecule has 0 spiro atoms. The predicted molar refractivity (Wildman–Crippen MR) is 110 cm³/mol. The van der Waals surface area contributed by atoms with Crippen molar-refractivity contribution in [2.75, 3.05) is 39.8 Å². The highest BCUT2D eigenvalue weighted by Gasteiger charge is 2.18. The van der Waals surface area contributed by atoms with Gasteiger partial charge in [0.25, 0.3) is 0 Å².